The van der Waals surface area contributed by atoms with Crippen molar-refractivity contribution >= 4 is 23.2 Å². The third-order valence-corrected chi connectivity index (χ3v) is 4.11. The molecule has 1 amide bonds. The number of carbonyl (C=O) groups is 1. The molecule has 1 aliphatic heterocycles. The van der Waals surface area contributed by atoms with Gasteiger partial charge < -0.3 is 14.4 Å². The molecule has 7 nitrogen and oxygen atoms in total. The fourth-order valence-electron chi connectivity index (χ4n) is 2.81. The van der Waals surface area contributed by atoms with Crippen molar-refractivity contribution in [3.63, 3.8) is 0 Å². The van der Waals surface area contributed by atoms with E-state index in [0.29, 0.717) is 30.5 Å². The molecule has 3 rings (SSSR count). The minimum absolute atomic E-state index is 0.0305. The molecule has 1 fully saturated rings. The third kappa shape index (κ3) is 4.54. The van der Waals surface area contributed by atoms with E-state index in [1.165, 1.54) is 0 Å². The molecule has 1 aliphatic rings. The molecule has 8 heteroatoms. The number of hydrogen-bond donors (Lipinski definition) is 0. The average molecular weight is 367 g/mol. The fraction of sp³-hybridized carbons (Fsp3) is 0.588. The lowest BCUT2D eigenvalue weighted by atomic mass is 10.2. The number of fused-ring (bicyclic) bond motifs is 1. The van der Waals surface area contributed by atoms with Crippen LogP contribution >= 0.6 is 11.6 Å². The van der Waals surface area contributed by atoms with Crippen LogP contribution in [0.25, 0.3) is 5.52 Å². The van der Waals surface area contributed by atoms with Gasteiger partial charge >= 0.3 is 6.09 Å². The molecule has 0 saturated carbocycles. The van der Waals surface area contributed by atoms with Crippen molar-refractivity contribution in [3.8, 4) is 5.88 Å². The third-order valence-electron chi connectivity index (χ3n) is 3.93. The van der Waals surface area contributed by atoms with Gasteiger partial charge in [0.05, 0.1) is 12.4 Å². The molecule has 0 spiro atoms. The molecule has 3 heterocycles. The summed E-state index contributed by atoms with van der Waals surface area (Å²) in [6, 6.07) is 1.84. The van der Waals surface area contributed by atoms with Gasteiger partial charge in [-0.3, -0.25) is 0 Å². The van der Waals surface area contributed by atoms with E-state index < -0.39 is 5.60 Å². The minimum atomic E-state index is -0.488. The highest BCUT2D eigenvalue weighted by atomic mass is 35.5. The zero-order chi connectivity index (χ0) is 18.0. The monoisotopic (exact) mass is 366 g/mol. The molecule has 0 aliphatic carbocycles. The zero-order valence-corrected chi connectivity index (χ0v) is 15.5. The van der Waals surface area contributed by atoms with Crippen LogP contribution in [0.1, 0.15) is 40.0 Å². The van der Waals surface area contributed by atoms with Crippen LogP contribution in [0.4, 0.5) is 4.79 Å². The maximum atomic E-state index is 12.2. The van der Waals surface area contributed by atoms with Crippen LogP contribution in [0.15, 0.2) is 18.5 Å². The first-order valence-electron chi connectivity index (χ1n) is 8.46. The Bertz CT molecular complexity index is 756. The van der Waals surface area contributed by atoms with Crippen LogP contribution in [0, 0.1) is 0 Å². The van der Waals surface area contributed by atoms with Crippen molar-refractivity contribution < 1.29 is 14.3 Å². The highest BCUT2D eigenvalue weighted by molar-refractivity contribution is 6.29. The van der Waals surface area contributed by atoms with Crippen molar-refractivity contribution in [1.29, 1.82) is 0 Å². The second-order valence-corrected chi connectivity index (χ2v) is 7.56. The van der Waals surface area contributed by atoms with Crippen molar-refractivity contribution in [3.05, 3.63) is 23.6 Å². The number of hydrogen-bond acceptors (Lipinski definition) is 5. The molecule has 136 valence electrons. The van der Waals surface area contributed by atoms with Crippen LogP contribution in [0.3, 0.4) is 0 Å². The summed E-state index contributed by atoms with van der Waals surface area (Å²) in [7, 11) is 0. The molecule has 0 bridgehead atoms. The average Bonchev–Trinajstić information content (AvgIpc) is 2.84. The number of nitrogens with zero attached hydrogens (tertiary/aromatic N) is 4. The Morgan fingerprint density at radius 2 is 2.12 bits per heavy atom. The van der Waals surface area contributed by atoms with Crippen molar-refractivity contribution in [1.82, 2.24) is 19.5 Å². The minimum Gasteiger partial charge on any atom is -0.473 e. The van der Waals surface area contributed by atoms with Crippen molar-refractivity contribution in [2.24, 2.45) is 0 Å². The first-order chi connectivity index (χ1) is 11.8. The van der Waals surface area contributed by atoms with E-state index in [2.05, 4.69) is 10.1 Å². The second kappa shape index (κ2) is 7.07. The number of ether oxygens (including phenoxy) is 2. The Labute approximate surface area is 151 Å². The standard InChI is InChI=1S/C17H23ClN4O3/c1-17(2,3)25-16(23)21-9-4-5-12(7-10-21)24-15-13-6-8-19-22(13)11-14(18)20-15/h6,8,11-12H,4-5,7,9-10H2,1-3H3. The normalized spacial score (nSPS) is 18.9. The van der Waals surface area contributed by atoms with Gasteiger partial charge in [0.2, 0.25) is 5.88 Å². The molecule has 1 atom stereocenters. The maximum Gasteiger partial charge on any atom is 0.410 e. The van der Waals surface area contributed by atoms with Gasteiger partial charge in [-0.1, -0.05) is 11.6 Å². The Kier molecular flexibility index (Phi) is 5.03. The summed E-state index contributed by atoms with van der Waals surface area (Å²) in [5.74, 6) is 0.473. The summed E-state index contributed by atoms with van der Waals surface area (Å²) >= 11 is 6.04. The van der Waals surface area contributed by atoms with Gasteiger partial charge in [0, 0.05) is 19.5 Å². The number of likely N-dealkylation sites (tertiary alicyclic amines) is 1. The van der Waals surface area contributed by atoms with E-state index in [0.717, 1.165) is 18.4 Å². The fourth-order valence-corrected chi connectivity index (χ4v) is 2.98. The molecule has 2 aromatic rings. The van der Waals surface area contributed by atoms with Gasteiger partial charge in [0.15, 0.2) is 5.15 Å². The number of rotatable bonds is 2. The summed E-state index contributed by atoms with van der Waals surface area (Å²) in [6.45, 7) is 6.87. The summed E-state index contributed by atoms with van der Waals surface area (Å²) in [4.78, 5) is 18.3. The van der Waals surface area contributed by atoms with Crippen LogP contribution in [-0.4, -0.2) is 50.4 Å². The number of amides is 1. The lowest BCUT2D eigenvalue weighted by Gasteiger charge is -2.26. The van der Waals surface area contributed by atoms with Crippen LogP contribution in [-0.2, 0) is 4.74 Å². The smallest absolute Gasteiger partial charge is 0.410 e. The lowest BCUT2D eigenvalue weighted by molar-refractivity contribution is 0.0252. The van der Waals surface area contributed by atoms with E-state index >= 15 is 0 Å². The van der Waals surface area contributed by atoms with E-state index in [1.807, 2.05) is 26.8 Å². The maximum absolute atomic E-state index is 12.2. The first-order valence-corrected chi connectivity index (χ1v) is 8.84. The molecule has 1 unspecified atom stereocenters. The van der Waals surface area contributed by atoms with Gasteiger partial charge in [-0.15, -0.1) is 0 Å². The Morgan fingerprint density at radius 3 is 2.88 bits per heavy atom. The van der Waals surface area contributed by atoms with Crippen molar-refractivity contribution in [2.45, 2.75) is 51.7 Å². The van der Waals surface area contributed by atoms with E-state index in [4.69, 9.17) is 21.1 Å². The van der Waals surface area contributed by atoms with E-state index in [1.54, 1.807) is 21.8 Å². The number of carbonyl (C=O) groups excluding carboxylic acids is 1. The molecule has 0 radical (unpaired) electrons. The summed E-state index contributed by atoms with van der Waals surface area (Å²) in [5.41, 5.74) is 0.287. The second-order valence-electron chi connectivity index (χ2n) is 7.17. The highest BCUT2D eigenvalue weighted by Gasteiger charge is 2.26. The molecular formula is C17H23ClN4O3. The predicted octanol–water partition coefficient (Wildman–Crippen LogP) is 3.55. The Balaban J connectivity index is 1.65. The topological polar surface area (TPSA) is 69.0 Å². The lowest BCUT2D eigenvalue weighted by Crippen LogP contribution is -2.37. The number of halogens is 1. The van der Waals surface area contributed by atoms with Gasteiger partial charge in [-0.25, -0.2) is 9.31 Å². The molecule has 2 aromatic heterocycles. The van der Waals surface area contributed by atoms with E-state index in [9.17, 15) is 4.79 Å². The van der Waals surface area contributed by atoms with Crippen LogP contribution in [0.5, 0.6) is 5.88 Å². The molecule has 0 N–H and O–H groups in total. The molecule has 0 aromatic carbocycles. The van der Waals surface area contributed by atoms with Crippen molar-refractivity contribution in [2.75, 3.05) is 13.1 Å². The Morgan fingerprint density at radius 1 is 1.32 bits per heavy atom. The summed E-state index contributed by atoms with van der Waals surface area (Å²) < 4.78 is 13.2. The highest BCUT2D eigenvalue weighted by Crippen LogP contribution is 2.24. The molecule has 1 saturated heterocycles. The van der Waals surface area contributed by atoms with Crippen LogP contribution < -0.4 is 4.74 Å². The van der Waals surface area contributed by atoms with E-state index in [-0.39, 0.29) is 12.2 Å². The Hall–Kier alpha value is -2.02. The quantitative estimate of drug-likeness (QED) is 0.812. The predicted molar refractivity (Wildman–Crippen MR) is 94.1 cm³/mol. The van der Waals surface area contributed by atoms with Gasteiger partial charge in [0.25, 0.3) is 0 Å². The zero-order valence-electron chi connectivity index (χ0n) is 14.7. The molecular weight excluding hydrogens is 344 g/mol. The van der Waals surface area contributed by atoms with Crippen LogP contribution in [0.2, 0.25) is 5.15 Å². The van der Waals surface area contributed by atoms with Gasteiger partial charge in [0.1, 0.15) is 17.2 Å². The summed E-state index contributed by atoms with van der Waals surface area (Å²) in [6.07, 6.45) is 5.42. The van der Waals surface area contributed by atoms with Gasteiger partial charge in [-0.2, -0.15) is 10.1 Å². The largest absolute Gasteiger partial charge is 0.473 e. The van der Waals surface area contributed by atoms with Gasteiger partial charge in [-0.05, 0) is 39.7 Å². The number of aromatic nitrogens is 3. The summed E-state index contributed by atoms with van der Waals surface area (Å²) in [5, 5.41) is 4.49. The molecule has 25 heavy (non-hydrogen) atoms. The first kappa shape index (κ1) is 17.8. The SMILES string of the molecule is CC(C)(C)OC(=O)N1CCCC(Oc2nc(Cl)cn3nccc23)CC1.